The quantitative estimate of drug-likeness (QED) is 0.178. The van der Waals surface area contributed by atoms with E-state index in [1.54, 1.807) is 0 Å². The lowest BCUT2D eigenvalue weighted by Gasteiger charge is -2.22. The zero-order valence-electron chi connectivity index (χ0n) is 11.8. The average molecular weight is 312 g/mol. The zero-order chi connectivity index (χ0) is 16.1. The molecule has 0 saturated carbocycles. The van der Waals surface area contributed by atoms with Crippen molar-refractivity contribution in [2.45, 2.75) is 37.8 Å². The smallest absolute Gasteiger partial charge is 0.330 e. The molecule has 0 radical (unpaired) electrons. The van der Waals surface area contributed by atoms with Crippen LogP contribution in [0, 0.1) is 0 Å². The van der Waals surface area contributed by atoms with Crippen molar-refractivity contribution in [3.05, 3.63) is 12.7 Å². The highest BCUT2D eigenvalue weighted by Crippen LogP contribution is 2.02. The summed E-state index contributed by atoms with van der Waals surface area (Å²) in [5.74, 6) is -0.341. The summed E-state index contributed by atoms with van der Waals surface area (Å²) in [6.07, 6.45) is -4.82. The summed E-state index contributed by atoms with van der Waals surface area (Å²) in [4.78, 5) is 20.1. The highest BCUT2D eigenvalue weighted by Gasteiger charge is 2.29. The molecule has 0 aromatic heterocycles. The lowest BCUT2D eigenvalue weighted by molar-refractivity contribution is -0.137. The van der Waals surface area contributed by atoms with E-state index in [2.05, 4.69) is 11.3 Å². The van der Waals surface area contributed by atoms with Gasteiger partial charge >= 0.3 is 5.97 Å². The van der Waals surface area contributed by atoms with E-state index in [0.717, 1.165) is 12.5 Å². The maximum Gasteiger partial charge on any atom is 0.330 e. The van der Waals surface area contributed by atoms with Crippen molar-refractivity contribution in [2.75, 3.05) is 13.2 Å². The number of rotatable bonds is 8. The third-order valence-electron chi connectivity index (χ3n) is 2.04. The Morgan fingerprint density at radius 2 is 1.76 bits per heavy atom. The number of aldehydes is 1. The van der Waals surface area contributed by atoms with Crippen molar-refractivity contribution in [3.63, 3.8) is 0 Å². The maximum absolute atomic E-state index is 10.2. The fourth-order valence-electron chi connectivity index (χ4n) is 0.880. The normalized spacial score (nSPS) is 15.1. The van der Waals surface area contributed by atoms with Crippen molar-refractivity contribution >= 4 is 12.3 Å². The second kappa shape index (κ2) is 15.0. The van der Waals surface area contributed by atoms with Crippen LogP contribution in [0.1, 0.15) is 13.3 Å². The second-order valence-electron chi connectivity index (χ2n) is 3.73. The Morgan fingerprint density at radius 3 is 2.10 bits per heavy atom. The van der Waals surface area contributed by atoms with Crippen LogP contribution in [0.5, 0.6) is 0 Å². The Bertz CT molecular complexity index is 282. The highest BCUT2D eigenvalue weighted by atomic mass is 16.5. The van der Waals surface area contributed by atoms with E-state index >= 15 is 0 Å². The molecule has 0 amide bonds. The largest absolute Gasteiger partial charge is 0.463 e. The first kappa shape index (κ1) is 24.6. The van der Waals surface area contributed by atoms with Crippen LogP contribution in [0.15, 0.2) is 12.7 Å². The third-order valence-corrected chi connectivity index (χ3v) is 2.04. The molecular weight excluding hydrogens is 288 g/mol. The van der Waals surface area contributed by atoms with Gasteiger partial charge in [0.15, 0.2) is 6.29 Å². The zero-order valence-corrected chi connectivity index (χ0v) is 11.8. The number of carbonyl (C=O) groups is 2. The van der Waals surface area contributed by atoms with E-state index in [-0.39, 0.29) is 17.7 Å². The first-order chi connectivity index (χ1) is 9.35. The summed E-state index contributed by atoms with van der Waals surface area (Å²) in [7, 11) is 0. The summed E-state index contributed by atoms with van der Waals surface area (Å²) >= 11 is 0. The number of aliphatic hydroxyl groups is 5. The van der Waals surface area contributed by atoms with Gasteiger partial charge in [-0.2, -0.15) is 0 Å². The van der Waals surface area contributed by atoms with E-state index in [0.29, 0.717) is 6.61 Å². The number of esters is 1. The van der Waals surface area contributed by atoms with Crippen LogP contribution >= 0.6 is 0 Å². The number of carbonyl (C=O) groups excluding carboxylic acids is 2. The van der Waals surface area contributed by atoms with Crippen LogP contribution in [-0.2, 0) is 14.3 Å². The van der Waals surface area contributed by atoms with Crippen molar-refractivity contribution in [3.8, 4) is 0 Å². The van der Waals surface area contributed by atoms with Gasteiger partial charge in [-0.25, -0.2) is 4.79 Å². The maximum atomic E-state index is 10.2. The molecule has 0 aliphatic heterocycles. The van der Waals surface area contributed by atoms with Gasteiger partial charge < -0.3 is 40.5 Å². The van der Waals surface area contributed by atoms with Crippen LogP contribution in [0.2, 0.25) is 0 Å². The molecule has 0 aromatic rings. The standard InChI is InChI=1S/C6H12O6.C6H10O2.H2O/c7-1-3(9)5(11)6(12)4(10)2-8;1-3-5-8-6(7)4-2;/h1,3-6,8-12H,2H2;4H,2-3,5H2,1H3;1H2. The second-order valence-corrected chi connectivity index (χ2v) is 3.73. The lowest BCUT2D eigenvalue weighted by Crippen LogP contribution is -2.46. The van der Waals surface area contributed by atoms with E-state index in [4.69, 9.17) is 25.5 Å². The van der Waals surface area contributed by atoms with Crippen LogP contribution in [0.25, 0.3) is 0 Å². The van der Waals surface area contributed by atoms with Gasteiger partial charge in [0.25, 0.3) is 0 Å². The van der Waals surface area contributed by atoms with Crippen molar-refractivity contribution in [1.82, 2.24) is 0 Å². The number of aliphatic hydroxyl groups excluding tert-OH is 5. The molecule has 0 bridgehead atoms. The van der Waals surface area contributed by atoms with Gasteiger partial charge in [-0.1, -0.05) is 13.5 Å². The Balaban J connectivity index is -0.000000317. The first-order valence-electron chi connectivity index (χ1n) is 5.93. The minimum absolute atomic E-state index is 0. The van der Waals surface area contributed by atoms with Crippen LogP contribution < -0.4 is 0 Å². The van der Waals surface area contributed by atoms with E-state index in [1.807, 2.05) is 6.92 Å². The molecule has 0 saturated heterocycles. The number of ether oxygens (including phenoxy) is 1. The lowest BCUT2D eigenvalue weighted by atomic mass is 10.0. The third kappa shape index (κ3) is 12.1. The molecule has 7 N–H and O–H groups in total. The average Bonchev–Trinajstić information content (AvgIpc) is 2.49. The molecule has 0 rings (SSSR count). The Labute approximate surface area is 122 Å². The summed E-state index contributed by atoms with van der Waals surface area (Å²) in [5.41, 5.74) is 0. The van der Waals surface area contributed by atoms with Crippen molar-refractivity contribution in [2.24, 2.45) is 0 Å². The molecule has 4 unspecified atom stereocenters. The summed E-state index contributed by atoms with van der Waals surface area (Å²) < 4.78 is 4.58. The Hall–Kier alpha value is -1.36. The Morgan fingerprint density at radius 1 is 1.24 bits per heavy atom. The topological polar surface area (TPSA) is 176 Å². The molecule has 0 spiro atoms. The molecule has 9 heteroatoms. The van der Waals surface area contributed by atoms with E-state index < -0.39 is 31.0 Å². The monoisotopic (exact) mass is 312 g/mol. The van der Waals surface area contributed by atoms with Crippen molar-refractivity contribution < 1.29 is 45.3 Å². The molecule has 0 aliphatic rings. The summed E-state index contributed by atoms with van der Waals surface area (Å²) in [6, 6.07) is 0. The molecule has 126 valence electrons. The van der Waals surface area contributed by atoms with Gasteiger partial charge in [0.05, 0.1) is 13.2 Å². The Kier molecular flexibility index (Phi) is 17.6. The van der Waals surface area contributed by atoms with Gasteiger partial charge in [0, 0.05) is 6.08 Å². The molecule has 21 heavy (non-hydrogen) atoms. The molecule has 9 nitrogen and oxygen atoms in total. The van der Waals surface area contributed by atoms with E-state index in [1.165, 1.54) is 0 Å². The van der Waals surface area contributed by atoms with Gasteiger partial charge in [-0.15, -0.1) is 0 Å². The summed E-state index contributed by atoms with van der Waals surface area (Å²) in [5, 5.41) is 43.5. The fourth-order valence-corrected chi connectivity index (χ4v) is 0.880. The first-order valence-corrected chi connectivity index (χ1v) is 5.93. The fraction of sp³-hybridized carbons (Fsp3) is 0.667. The molecule has 0 aromatic carbocycles. The van der Waals surface area contributed by atoms with Gasteiger partial charge in [-0.05, 0) is 6.42 Å². The van der Waals surface area contributed by atoms with E-state index in [9.17, 15) is 9.59 Å². The summed E-state index contributed by atoms with van der Waals surface area (Å²) in [6.45, 7) is 4.91. The minimum Gasteiger partial charge on any atom is -0.463 e. The molecule has 0 fully saturated rings. The SMILES string of the molecule is C=CC(=O)OCCC.O.O=CC(O)C(O)C(O)C(O)CO. The molecule has 0 heterocycles. The molecule has 0 aliphatic carbocycles. The molecular formula is C12H24O9. The number of hydrogen-bond acceptors (Lipinski definition) is 8. The highest BCUT2D eigenvalue weighted by molar-refractivity contribution is 5.81. The number of hydrogen-bond donors (Lipinski definition) is 5. The van der Waals surface area contributed by atoms with Gasteiger partial charge in [0.1, 0.15) is 24.4 Å². The van der Waals surface area contributed by atoms with Crippen molar-refractivity contribution in [1.29, 1.82) is 0 Å². The van der Waals surface area contributed by atoms with Crippen LogP contribution in [-0.4, -0.2) is 80.9 Å². The minimum atomic E-state index is -1.79. The van der Waals surface area contributed by atoms with Gasteiger partial charge in [-0.3, -0.25) is 0 Å². The van der Waals surface area contributed by atoms with Crippen LogP contribution in [0.4, 0.5) is 0 Å². The predicted molar refractivity (Wildman–Crippen MR) is 72.2 cm³/mol. The van der Waals surface area contributed by atoms with Gasteiger partial charge in [0.2, 0.25) is 0 Å². The van der Waals surface area contributed by atoms with Crippen LogP contribution in [0.3, 0.4) is 0 Å². The molecule has 4 atom stereocenters. The predicted octanol–water partition coefficient (Wildman–Crippen LogP) is -3.08.